The minimum Gasteiger partial charge on any atom is -0.394 e. The van der Waals surface area contributed by atoms with Crippen LogP contribution in [0.1, 0.15) is 84.5 Å². The van der Waals surface area contributed by atoms with Crippen molar-refractivity contribution in [3.8, 4) is 0 Å². The predicted molar refractivity (Wildman–Crippen MR) is 95.2 cm³/mol. The molecule has 0 heterocycles. The molecule has 5 nitrogen and oxygen atoms in total. The highest BCUT2D eigenvalue weighted by Gasteiger charge is 2.11. The summed E-state index contributed by atoms with van der Waals surface area (Å²) in [5.41, 5.74) is 0. The van der Waals surface area contributed by atoms with Crippen molar-refractivity contribution in [3.63, 3.8) is 0 Å². The molecule has 0 aliphatic heterocycles. The second-order valence-corrected chi connectivity index (χ2v) is 6.35. The van der Waals surface area contributed by atoms with Gasteiger partial charge in [0.1, 0.15) is 0 Å². The standard InChI is InChI=1S/C18H38N2O3/c1-3-5-6-7-8-9-10-11-12-13-18(23)20-17(4-2)19-14-16(22)15-21/h16-17,19,21-22H,3-15H2,1-2H3,(H,20,23). The van der Waals surface area contributed by atoms with Gasteiger partial charge in [-0.3, -0.25) is 10.1 Å². The molecule has 5 heteroatoms. The summed E-state index contributed by atoms with van der Waals surface area (Å²) < 4.78 is 0. The van der Waals surface area contributed by atoms with Gasteiger partial charge in [0.05, 0.1) is 18.9 Å². The molecule has 1 amide bonds. The van der Waals surface area contributed by atoms with E-state index in [0.29, 0.717) is 6.42 Å². The Labute approximate surface area is 142 Å². The van der Waals surface area contributed by atoms with E-state index in [-0.39, 0.29) is 25.2 Å². The minimum atomic E-state index is -0.779. The fourth-order valence-corrected chi connectivity index (χ4v) is 2.50. The average molecular weight is 331 g/mol. The lowest BCUT2D eigenvalue weighted by molar-refractivity contribution is -0.122. The van der Waals surface area contributed by atoms with Crippen LogP contribution in [0.15, 0.2) is 0 Å². The number of aliphatic hydroxyl groups excluding tert-OH is 2. The summed E-state index contributed by atoms with van der Waals surface area (Å²) in [5.74, 6) is 0.0609. The van der Waals surface area contributed by atoms with Crippen molar-refractivity contribution >= 4 is 5.91 Å². The third-order valence-corrected chi connectivity index (χ3v) is 4.06. The quantitative estimate of drug-likeness (QED) is 0.259. The Morgan fingerprint density at radius 3 is 2.04 bits per heavy atom. The lowest BCUT2D eigenvalue weighted by Crippen LogP contribution is -2.47. The van der Waals surface area contributed by atoms with E-state index in [9.17, 15) is 9.90 Å². The van der Waals surface area contributed by atoms with Gasteiger partial charge in [-0.1, -0.05) is 65.2 Å². The highest BCUT2D eigenvalue weighted by atomic mass is 16.3. The van der Waals surface area contributed by atoms with E-state index in [1.807, 2.05) is 6.92 Å². The Balaban J connectivity index is 3.53. The van der Waals surface area contributed by atoms with Gasteiger partial charge in [0.2, 0.25) is 5.91 Å². The van der Waals surface area contributed by atoms with E-state index in [1.54, 1.807) is 0 Å². The van der Waals surface area contributed by atoms with Crippen molar-refractivity contribution in [3.05, 3.63) is 0 Å². The zero-order chi connectivity index (χ0) is 17.3. The number of amides is 1. The van der Waals surface area contributed by atoms with E-state index in [2.05, 4.69) is 17.6 Å². The van der Waals surface area contributed by atoms with E-state index in [0.717, 1.165) is 19.3 Å². The van der Waals surface area contributed by atoms with Gasteiger partial charge in [-0.15, -0.1) is 0 Å². The maximum Gasteiger partial charge on any atom is 0.221 e. The molecule has 138 valence electrons. The molecule has 2 atom stereocenters. The minimum absolute atomic E-state index is 0.0609. The number of unbranched alkanes of at least 4 members (excludes halogenated alkanes) is 8. The first-order chi connectivity index (χ1) is 11.1. The van der Waals surface area contributed by atoms with Gasteiger partial charge >= 0.3 is 0 Å². The molecule has 0 radical (unpaired) electrons. The van der Waals surface area contributed by atoms with Gasteiger partial charge in [0.25, 0.3) is 0 Å². The van der Waals surface area contributed by atoms with Crippen molar-refractivity contribution in [2.75, 3.05) is 13.2 Å². The van der Waals surface area contributed by atoms with E-state index < -0.39 is 6.10 Å². The van der Waals surface area contributed by atoms with Crippen LogP contribution in [-0.4, -0.2) is 41.5 Å². The SMILES string of the molecule is CCCCCCCCCCCC(=O)NC(CC)NCC(O)CO. The van der Waals surface area contributed by atoms with Gasteiger partial charge in [-0.05, 0) is 12.8 Å². The molecule has 0 aliphatic rings. The fourth-order valence-electron chi connectivity index (χ4n) is 2.50. The monoisotopic (exact) mass is 330 g/mol. The molecule has 2 unspecified atom stereocenters. The molecule has 23 heavy (non-hydrogen) atoms. The maximum absolute atomic E-state index is 11.9. The first kappa shape index (κ1) is 22.4. The highest BCUT2D eigenvalue weighted by molar-refractivity contribution is 5.76. The first-order valence-corrected chi connectivity index (χ1v) is 9.45. The van der Waals surface area contributed by atoms with Gasteiger partial charge in [-0.2, -0.15) is 0 Å². The molecule has 0 aromatic rings. The average Bonchev–Trinajstić information content (AvgIpc) is 2.56. The Bertz CT molecular complexity index is 275. The van der Waals surface area contributed by atoms with E-state index in [4.69, 9.17) is 5.11 Å². The lowest BCUT2D eigenvalue weighted by atomic mass is 10.1. The molecule has 0 aliphatic carbocycles. The zero-order valence-corrected chi connectivity index (χ0v) is 15.1. The Kier molecular flexibility index (Phi) is 15.8. The molecule has 4 N–H and O–H groups in total. The summed E-state index contributed by atoms with van der Waals surface area (Å²) in [6, 6.07) is 0. The van der Waals surface area contributed by atoms with Crippen LogP contribution in [0.25, 0.3) is 0 Å². The van der Waals surface area contributed by atoms with Crippen molar-refractivity contribution in [2.24, 2.45) is 0 Å². The molecule has 0 spiro atoms. The van der Waals surface area contributed by atoms with Crippen molar-refractivity contribution < 1.29 is 15.0 Å². The largest absolute Gasteiger partial charge is 0.394 e. The van der Waals surface area contributed by atoms with Crippen LogP contribution in [0.2, 0.25) is 0 Å². The summed E-state index contributed by atoms with van der Waals surface area (Å²) >= 11 is 0. The number of hydrogen-bond donors (Lipinski definition) is 4. The molecular formula is C18H38N2O3. The molecule has 0 saturated carbocycles. The van der Waals surface area contributed by atoms with Crippen molar-refractivity contribution in [1.82, 2.24) is 10.6 Å². The number of hydrogen-bond acceptors (Lipinski definition) is 4. The van der Waals surface area contributed by atoms with Crippen LogP contribution in [0.3, 0.4) is 0 Å². The third-order valence-electron chi connectivity index (χ3n) is 4.06. The van der Waals surface area contributed by atoms with Crippen LogP contribution in [0, 0.1) is 0 Å². The number of carbonyl (C=O) groups is 1. The maximum atomic E-state index is 11.9. The van der Waals surface area contributed by atoms with Gasteiger partial charge < -0.3 is 15.5 Å². The molecule has 0 bridgehead atoms. The summed E-state index contributed by atoms with van der Waals surface area (Å²) in [7, 11) is 0. The fraction of sp³-hybridized carbons (Fsp3) is 0.944. The Hall–Kier alpha value is -0.650. The molecule has 0 saturated heterocycles. The van der Waals surface area contributed by atoms with Gasteiger partial charge in [0, 0.05) is 13.0 Å². The van der Waals surface area contributed by atoms with Crippen molar-refractivity contribution in [2.45, 2.75) is 96.7 Å². The van der Waals surface area contributed by atoms with Crippen molar-refractivity contribution in [1.29, 1.82) is 0 Å². The molecular weight excluding hydrogens is 292 g/mol. The predicted octanol–water partition coefficient (Wildman–Crippen LogP) is 2.70. The Morgan fingerprint density at radius 1 is 0.957 bits per heavy atom. The molecule has 0 aromatic heterocycles. The van der Waals surface area contributed by atoms with Crippen LogP contribution < -0.4 is 10.6 Å². The van der Waals surface area contributed by atoms with Crippen LogP contribution in [0.5, 0.6) is 0 Å². The summed E-state index contributed by atoms with van der Waals surface area (Å²) in [6.45, 7) is 4.23. The van der Waals surface area contributed by atoms with Crippen LogP contribution >= 0.6 is 0 Å². The molecule has 0 rings (SSSR count). The number of aliphatic hydroxyl groups is 2. The number of nitrogens with one attached hydrogen (secondary N) is 2. The second-order valence-electron chi connectivity index (χ2n) is 6.35. The molecule has 0 fully saturated rings. The second kappa shape index (κ2) is 16.2. The summed E-state index contributed by atoms with van der Waals surface area (Å²) in [6.07, 6.45) is 11.6. The highest BCUT2D eigenvalue weighted by Crippen LogP contribution is 2.10. The van der Waals surface area contributed by atoms with E-state index >= 15 is 0 Å². The van der Waals surface area contributed by atoms with Crippen LogP contribution in [0.4, 0.5) is 0 Å². The van der Waals surface area contributed by atoms with Gasteiger partial charge in [-0.25, -0.2) is 0 Å². The first-order valence-electron chi connectivity index (χ1n) is 9.45. The lowest BCUT2D eigenvalue weighted by Gasteiger charge is -2.20. The van der Waals surface area contributed by atoms with E-state index in [1.165, 1.54) is 44.9 Å². The normalized spacial score (nSPS) is 13.7. The molecule has 0 aromatic carbocycles. The summed E-state index contributed by atoms with van der Waals surface area (Å²) in [4.78, 5) is 11.9. The topological polar surface area (TPSA) is 81.6 Å². The number of rotatable bonds is 16. The zero-order valence-electron chi connectivity index (χ0n) is 15.1. The third kappa shape index (κ3) is 14.7. The van der Waals surface area contributed by atoms with Crippen LogP contribution in [-0.2, 0) is 4.79 Å². The summed E-state index contributed by atoms with van der Waals surface area (Å²) in [5, 5.41) is 24.0. The Morgan fingerprint density at radius 2 is 1.52 bits per heavy atom. The smallest absolute Gasteiger partial charge is 0.221 e. The van der Waals surface area contributed by atoms with Gasteiger partial charge in [0.15, 0.2) is 0 Å². The number of carbonyl (C=O) groups excluding carboxylic acids is 1.